The molecule has 7 nitrogen and oxygen atoms in total. The van der Waals surface area contributed by atoms with E-state index in [0.717, 1.165) is 5.56 Å². The zero-order chi connectivity index (χ0) is 17.7. The standard InChI is InChI=1S/C16H19N3O4S/c1-2-13-9-12(10-15(20)19-13)16(21)18-8-7-11-3-5-14(6-4-11)24(17,22)23/h3-6,9-10H,2,7-8H2,1H3,(H,18,21)(H,19,20)(H2,17,22,23). The SMILES string of the molecule is CCc1cc(C(=O)NCCc2ccc(S(N)(=O)=O)cc2)cc(=O)[nH]1. The maximum atomic E-state index is 12.1. The third-order valence-electron chi connectivity index (χ3n) is 3.49. The van der Waals surface area contributed by atoms with Crippen molar-refractivity contribution in [1.29, 1.82) is 0 Å². The summed E-state index contributed by atoms with van der Waals surface area (Å²) in [4.78, 5) is 26.3. The van der Waals surface area contributed by atoms with Gasteiger partial charge in [-0.15, -0.1) is 0 Å². The van der Waals surface area contributed by atoms with Gasteiger partial charge < -0.3 is 10.3 Å². The number of aromatic nitrogens is 1. The molecule has 1 heterocycles. The molecule has 4 N–H and O–H groups in total. The molecule has 0 aliphatic heterocycles. The summed E-state index contributed by atoms with van der Waals surface area (Å²) < 4.78 is 22.4. The molecule has 0 spiro atoms. The summed E-state index contributed by atoms with van der Waals surface area (Å²) >= 11 is 0. The summed E-state index contributed by atoms with van der Waals surface area (Å²) in [5, 5.41) is 7.77. The van der Waals surface area contributed by atoms with E-state index in [2.05, 4.69) is 10.3 Å². The van der Waals surface area contributed by atoms with E-state index < -0.39 is 10.0 Å². The average Bonchev–Trinajstić information content (AvgIpc) is 2.53. The van der Waals surface area contributed by atoms with Crippen LogP contribution in [0, 0.1) is 0 Å². The van der Waals surface area contributed by atoms with Crippen LogP contribution in [0.1, 0.15) is 28.5 Å². The molecule has 0 fully saturated rings. The molecule has 0 saturated heterocycles. The Hall–Kier alpha value is -2.45. The van der Waals surface area contributed by atoms with E-state index in [1.165, 1.54) is 18.2 Å². The maximum absolute atomic E-state index is 12.1. The number of amides is 1. The minimum Gasteiger partial charge on any atom is -0.352 e. The van der Waals surface area contributed by atoms with Crippen molar-refractivity contribution in [1.82, 2.24) is 10.3 Å². The quantitative estimate of drug-likeness (QED) is 0.705. The first-order valence-electron chi connectivity index (χ1n) is 7.43. The molecule has 2 rings (SSSR count). The van der Waals surface area contributed by atoms with Gasteiger partial charge in [0.2, 0.25) is 15.6 Å². The number of pyridine rings is 1. The number of carbonyl (C=O) groups is 1. The predicted molar refractivity (Wildman–Crippen MR) is 90.3 cm³/mol. The number of aryl methyl sites for hydroxylation is 1. The van der Waals surface area contributed by atoms with E-state index in [1.54, 1.807) is 18.2 Å². The highest BCUT2D eigenvalue weighted by Gasteiger charge is 2.09. The van der Waals surface area contributed by atoms with Crippen LogP contribution in [0.15, 0.2) is 46.1 Å². The van der Waals surface area contributed by atoms with Gasteiger partial charge in [0.15, 0.2) is 0 Å². The van der Waals surface area contributed by atoms with Gasteiger partial charge in [0.1, 0.15) is 0 Å². The normalized spacial score (nSPS) is 11.2. The Bertz CT molecular complexity index is 886. The lowest BCUT2D eigenvalue weighted by Crippen LogP contribution is -2.27. The van der Waals surface area contributed by atoms with Crippen LogP contribution < -0.4 is 16.0 Å². The van der Waals surface area contributed by atoms with Crippen molar-refractivity contribution in [3.05, 3.63) is 63.6 Å². The third kappa shape index (κ3) is 4.77. The van der Waals surface area contributed by atoms with Crippen LogP contribution in [0.4, 0.5) is 0 Å². The van der Waals surface area contributed by atoms with Crippen molar-refractivity contribution < 1.29 is 13.2 Å². The Morgan fingerprint density at radius 3 is 2.46 bits per heavy atom. The van der Waals surface area contributed by atoms with Gasteiger partial charge in [-0.3, -0.25) is 9.59 Å². The number of aromatic amines is 1. The van der Waals surface area contributed by atoms with Crippen molar-refractivity contribution in [2.45, 2.75) is 24.7 Å². The van der Waals surface area contributed by atoms with E-state index in [9.17, 15) is 18.0 Å². The smallest absolute Gasteiger partial charge is 0.251 e. The number of hydrogen-bond acceptors (Lipinski definition) is 4. The molecule has 2 aromatic rings. The summed E-state index contributed by atoms with van der Waals surface area (Å²) in [7, 11) is -3.70. The van der Waals surface area contributed by atoms with Crippen LogP contribution in [0.25, 0.3) is 0 Å². The molecule has 1 aromatic carbocycles. The molecule has 128 valence electrons. The number of nitrogens with one attached hydrogen (secondary N) is 2. The van der Waals surface area contributed by atoms with Gasteiger partial charge in [-0.25, -0.2) is 13.6 Å². The van der Waals surface area contributed by atoms with E-state index >= 15 is 0 Å². The number of nitrogens with two attached hydrogens (primary N) is 1. The zero-order valence-corrected chi connectivity index (χ0v) is 14.0. The largest absolute Gasteiger partial charge is 0.352 e. The number of sulfonamides is 1. The lowest BCUT2D eigenvalue weighted by atomic mass is 10.1. The lowest BCUT2D eigenvalue weighted by Gasteiger charge is -2.07. The average molecular weight is 349 g/mol. The molecular formula is C16H19N3O4S. The van der Waals surface area contributed by atoms with Crippen molar-refractivity contribution in [3.8, 4) is 0 Å². The molecule has 1 aromatic heterocycles. The first-order chi connectivity index (χ1) is 11.3. The van der Waals surface area contributed by atoms with Crippen LogP contribution in [-0.4, -0.2) is 25.9 Å². The Morgan fingerprint density at radius 2 is 1.88 bits per heavy atom. The van der Waals surface area contributed by atoms with Gasteiger partial charge in [0.25, 0.3) is 5.91 Å². The van der Waals surface area contributed by atoms with Crippen LogP contribution in [-0.2, 0) is 22.9 Å². The summed E-state index contributed by atoms with van der Waals surface area (Å²) in [6, 6.07) is 9.06. The number of H-pyrrole nitrogens is 1. The predicted octanol–water partition coefficient (Wildman–Crippen LogP) is 0.557. The van der Waals surface area contributed by atoms with Crippen molar-refractivity contribution in [2.75, 3.05) is 6.54 Å². The highest BCUT2D eigenvalue weighted by molar-refractivity contribution is 7.89. The third-order valence-corrected chi connectivity index (χ3v) is 4.42. The highest BCUT2D eigenvalue weighted by atomic mass is 32.2. The fraction of sp³-hybridized carbons (Fsp3) is 0.250. The van der Waals surface area contributed by atoms with Crippen molar-refractivity contribution in [2.24, 2.45) is 5.14 Å². The van der Waals surface area contributed by atoms with Gasteiger partial charge in [-0.2, -0.15) is 0 Å². The summed E-state index contributed by atoms with van der Waals surface area (Å²) in [6.07, 6.45) is 1.16. The molecule has 0 aliphatic carbocycles. The second-order valence-electron chi connectivity index (χ2n) is 5.31. The molecule has 0 radical (unpaired) electrons. The molecule has 1 amide bonds. The van der Waals surface area contributed by atoms with Crippen LogP contribution >= 0.6 is 0 Å². The Balaban J connectivity index is 1.95. The molecule has 0 atom stereocenters. The summed E-state index contributed by atoms with van der Waals surface area (Å²) in [5.41, 5.74) is 1.58. The first-order valence-corrected chi connectivity index (χ1v) is 8.97. The fourth-order valence-electron chi connectivity index (χ4n) is 2.19. The van der Waals surface area contributed by atoms with Gasteiger partial charge in [0, 0.05) is 23.9 Å². The van der Waals surface area contributed by atoms with Gasteiger partial charge in [-0.05, 0) is 36.6 Å². The maximum Gasteiger partial charge on any atom is 0.251 e. The molecular weight excluding hydrogens is 330 g/mol. The van der Waals surface area contributed by atoms with Crippen LogP contribution in [0.2, 0.25) is 0 Å². The van der Waals surface area contributed by atoms with Crippen molar-refractivity contribution >= 4 is 15.9 Å². The van der Waals surface area contributed by atoms with Gasteiger partial charge in [-0.1, -0.05) is 19.1 Å². The molecule has 0 saturated carbocycles. The molecule has 8 heteroatoms. The fourth-order valence-corrected chi connectivity index (χ4v) is 2.71. The summed E-state index contributed by atoms with van der Waals surface area (Å²) in [5.74, 6) is -0.322. The van der Waals surface area contributed by atoms with E-state index in [4.69, 9.17) is 5.14 Å². The molecule has 0 aliphatic rings. The number of hydrogen-bond donors (Lipinski definition) is 3. The molecule has 0 bridgehead atoms. The minimum absolute atomic E-state index is 0.0471. The lowest BCUT2D eigenvalue weighted by molar-refractivity contribution is 0.0953. The van der Waals surface area contributed by atoms with Gasteiger partial charge in [0.05, 0.1) is 4.90 Å². The Morgan fingerprint density at radius 1 is 1.21 bits per heavy atom. The zero-order valence-electron chi connectivity index (χ0n) is 13.2. The number of rotatable bonds is 6. The summed E-state index contributed by atoms with van der Waals surface area (Å²) in [6.45, 7) is 2.25. The van der Waals surface area contributed by atoms with E-state index in [1.807, 2.05) is 6.92 Å². The van der Waals surface area contributed by atoms with E-state index in [0.29, 0.717) is 30.6 Å². The number of carbonyl (C=O) groups excluding carboxylic acids is 1. The Labute approximate surface area is 140 Å². The molecule has 24 heavy (non-hydrogen) atoms. The number of primary sulfonamides is 1. The first kappa shape index (κ1) is 17.9. The Kier molecular flexibility index (Phi) is 5.53. The van der Waals surface area contributed by atoms with E-state index in [-0.39, 0.29) is 16.4 Å². The monoisotopic (exact) mass is 349 g/mol. The second kappa shape index (κ2) is 7.41. The van der Waals surface area contributed by atoms with Crippen molar-refractivity contribution in [3.63, 3.8) is 0 Å². The number of benzene rings is 1. The van der Waals surface area contributed by atoms with Crippen LogP contribution in [0.5, 0.6) is 0 Å². The second-order valence-corrected chi connectivity index (χ2v) is 6.87. The molecule has 0 unspecified atom stereocenters. The minimum atomic E-state index is -3.70. The van der Waals surface area contributed by atoms with Crippen LogP contribution in [0.3, 0.4) is 0 Å². The highest BCUT2D eigenvalue weighted by Crippen LogP contribution is 2.09. The topological polar surface area (TPSA) is 122 Å². The van der Waals surface area contributed by atoms with Gasteiger partial charge >= 0.3 is 0 Å².